The van der Waals surface area contributed by atoms with Crippen LogP contribution in [0.3, 0.4) is 0 Å². The first-order chi connectivity index (χ1) is 10.4. The molecule has 1 amide bonds. The van der Waals surface area contributed by atoms with E-state index >= 15 is 0 Å². The van der Waals surface area contributed by atoms with Crippen LogP contribution in [0.15, 0.2) is 36.7 Å². The minimum absolute atomic E-state index is 0.145. The van der Waals surface area contributed by atoms with Crippen molar-refractivity contribution in [2.24, 2.45) is 0 Å². The molecular weight excluding hydrogens is 280 g/mol. The zero-order valence-corrected chi connectivity index (χ0v) is 13.2. The van der Waals surface area contributed by atoms with E-state index in [4.69, 9.17) is 4.74 Å². The molecule has 5 heteroatoms. The fraction of sp³-hybridized carbons (Fsp3) is 0.412. The second-order valence-corrected chi connectivity index (χ2v) is 6.29. The van der Waals surface area contributed by atoms with E-state index < -0.39 is 11.7 Å². The Morgan fingerprint density at radius 1 is 1.32 bits per heavy atom. The molecule has 0 unspecified atom stereocenters. The number of fused-ring (bicyclic) bond motifs is 1. The van der Waals surface area contributed by atoms with E-state index in [1.807, 2.05) is 30.5 Å². The third kappa shape index (κ3) is 4.70. The van der Waals surface area contributed by atoms with Gasteiger partial charge in [0.15, 0.2) is 0 Å². The van der Waals surface area contributed by atoms with Gasteiger partial charge >= 0.3 is 6.09 Å². The maximum atomic E-state index is 11.8. The number of pyridine rings is 1. The number of benzene rings is 1. The summed E-state index contributed by atoms with van der Waals surface area (Å²) >= 11 is 0. The van der Waals surface area contributed by atoms with Gasteiger partial charge in [0.2, 0.25) is 0 Å². The number of aliphatic hydroxyl groups excluding tert-OH is 1. The predicted octanol–water partition coefficient (Wildman–Crippen LogP) is 2.66. The molecule has 2 N–H and O–H groups in total. The molecule has 0 aliphatic heterocycles. The molecule has 5 nitrogen and oxygen atoms in total. The lowest BCUT2D eigenvalue weighted by molar-refractivity contribution is 0.0483. The topological polar surface area (TPSA) is 71.5 Å². The zero-order valence-electron chi connectivity index (χ0n) is 13.2. The van der Waals surface area contributed by atoms with Gasteiger partial charge < -0.3 is 15.2 Å². The Hall–Kier alpha value is -2.14. The lowest BCUT2D eigenvalue weighted by Crippen LogP contribution is -2.42. The first-order valence-corrected chi connectivity index (χ1v) is 7.30. The Morgan fingerprint density at radius 3 is 2.77 bits per heavy atom. The molecule has 0 saturated carbocycles. The second-order valence-electron chi connectivity index (χ2n) is 6.29. The number of carbonyl (C=O) groups excluding carboxylic acids is 1. The van der Waals surface area contributed by atoms with Crippen molar-refractivity contribution >= 4 is 16.9 Å². The third-order valence-corrected chi connectivity index (χ3v) is 3.13. The molecule has 118 valence electrons. The highest BCUT2D eigenvalue weighted by Crippen LogP contribution is 2.16. The SMILES string of the molecule is CC(C)(C)OC(=O)N[C@H](CO)Cc1ccc2cnccc2c1. The molecule has 0 bridgehead atoms. The summed E-state index contributed by atoms with van der Waals surface area (Å²) in [5.41, 5.74) is 0.480. The fourth-order valence-electron chi connectivity index (χ4n) is 2.18. The van der Waals surface area contributed by atoms with E-state index in [2.05, 4.69) is 10.3 Å². The third-order valence-electron chi connectivity index (χ3n) is 3.13. The number of nitrogens with zero attached hydrogens (tertiary/aromatic N) is 1. The summed E-state index contributed by atoms with van der Waals surface area (Å²) in [7, 11) is 0. The molecule has 1 heterocycles. The Balaban J connectivity index is 2.03. The van der Waals surface area contributed by atoms with Gasteiger partial charge in [0.25, 0.3) is 0 Å². The first kappa shape index (κ1) is 16.2. The van der Waals surface area contributed by atoms with Crippen LogP contribution in [0.4, 0.5) is 4.79 Å². The molecule has 0 spiro atoms. The second kappa shape index (κ2) is 6.75. The Labute approximate surface area is 130 Å². The van der Waals surface area contributed by atoms with E-state index in [0.717, 1.165) is 16.3 Å². The number of amides is 1. The summed E-state index contributed by atoms with van der Waals surface area (Å²) in [6, 6.07) is 7.56. The van der Waals surface area contributed by atoms with Gasteiger partial charge in [0.1, 0.15) is 5.60 Å². The lowest BCUT2D eigenvalue weighted by atomic mass is 10.0. The van der Waals surface area contributed by atoms with Crippen molar-refractivity contribution in [2.75, 3.05) is 6.61 Å². The van der Waals surface area contributed by atoms with Crippen LogP contribution in [0.25, 0.3) is 10.8 Å². The Kier molecular flexibility index (Phi) is 4.98. The van der Waals surface area contributed by atoms with Crippen LogP contribution in [-0.2, 0) is 11.2 Å². The van der Waals surface area contributed by atoms with Gasteiger partial charge in [-0.15, -0.1) is 0 Å². The van der Waals surface area contributed by atoms with Crippen molar-refractivity contribution < 1.29 is 14.6 Å². The fourth-order valence-corrected chi connectivity index (χ4v) is 2.18. The zero-order chi connectivity index (χ0) is 16.2. The van der Waals surface area contributed by atoms with Crippen LogP contribution in [0, 0.1) is 0 Å². The normalized spacial score (nSPS) is 12.9. The van der Waals surface area contributed by atoms with Crippen molar-refractivity contribution in [3.05, 3.63) is 42.2 Å². The highest BCUT2D eigenvalue weighted by atomic mass is 16.6. The van der Waals surface area contributed by atoms with Crippen molar-refractivity contribution in [3.63, 3.8) is 0 Å². The minimum Gasteiger partial charge on any atom is -0.444 e. The molecule has 1 aromatic heterocycles. The van der Waals surface area contributed by atoms with Crippen molar-refractivity contribution in [2.45, 2.75) is 38.8 Å². The van der Waals surface area contributed by atoms with Crippen molar-refractivity contribution in [1.29, 1.82) is 0 Å². The molecule has 2 rings (SSSR count). The average Bonchev–Trinajstić information content (AvgIpc) is 2.44. The molecule has 0 aliphatic rings. The van der Waals surface area contributed by atoms with Gasteiger partial charge in [0.05, 0.1) is 12.6 Å². The Morgan fingerprint density at radius 2 is 2.09 bits per heavy atom. The van der Waals surface area contributed by atoms with Gasteiger partial charge in [-0.2, -0.15) is 0 Å². The van der Waals surface area contributed by atoms with Crippen LogP contribution in [0.5, 0.6) is 0 Å². The number of aromatic nitrogens is 1. The molecular formula is C17H22N2O3. The van der Waals surface area contributed by atoms with Gasteiger partial charge in [-0.3, -0.25) is 4.98 Å². The summed E-state index contributed by atoms with van der Waals surface area (Å²) in [5.74, 6) is 0. The smallest absolute Gasteiger partial charge is 0.407 e. The van der Waals surface area contributed by atoms with E-state index in [1.165, 1.54) is 0 Å². The summed E-state index contributed by atoms with van der Waals surface area (Å²) in [6.45, 7) is 5.27. The molecule has 0 saturated heterocycles. The summed E-state index contributed by atoms with van der Waals surface area (Å²) in [4.78, 5) is 15.9. The van der Waals surface area contributed by atoms with Crippen LogP contribution in [-0.4, -0.2) is 34.4 Å². The molecule has 22 heavy (non-hydrogen) atoms. The van der Waals surface area contributed by atoms with Crippen LogP contribution >= 0.6 is 0 Å². The number of carbonyl (C=O) groups is 1. The van der Waals surface area contributed by atoms with E-state index in [9.17, 15) is 9.90 Å². The summed E-state index contributed by atoms with van der Waals surface area (Å²) in [5, 5.41) is 14.3. The van der Waals surface area contributed by atoms with Crippen LogP contribution < -0.4 is 5.32 Å². The van der Waals surface area contributed by atoms with Crippen LogP contribution in [0.1, 0.15) is 26.3 Å². The quantitative estimate of drug-likeness (QED) is 0.911. The molecule has 2 aromatic rings. The number of nitrogens with one attached hydrogen (secondary N) is 1. The molecule has 0 radical (unpaired) electrons. The number of hydrogen-bond donors (Lipinski definition) is 2. The molecule has 1 aromatic carbocycles. The number of ether oxygens (including phenoxy) is 1. The highest BCUT2D eigenvalue weighted by molar-refractivity contribution is 5.82. The van der Waals surface area contributed by atoms with E-state index in [-0.39, 0.29) is 12.6 Å². The summed E-state index contributed by atoms with van der Waals surface area (Å²) < 4.78 is 5.21. The minimum atomic E-state index is -0.556. The van der Waals surface area contributed by atoms with Gasteiger partial charge in [0, 0.05) is 17.8 Å². The summed E-state index contributed by atoms with van der Waals surface area (Å²) in [6.07, 6.45) is 3.57. The molecule has 0 aliphatic carbocycles. The van der Waals surface area contributed by atoms with Gasteiger partial charge in [-0.25, -0.2) is 4.79 Å². The van der Waals surface area contributed by atoms with Gasteiger partial charge in [-0.05, 0) is 44.2 Å². The number of rotatable bonds is 4. The van der Waals surface area contributed by atoms with Crippen LogP contribution in [0.2, 0.25) is 0 Å². The van der Waals surface area contributed by atoms with Gasteiger partial charge in [-0.1, -0.05) is 18.2 Å². The highest BCUT2D eigenvalue weighted by Gasteiger charge is 2.19. The van der Waals surface area contributed by atoms with Crippen molar-refractivity contribution in [1.82, 2.24) is 10.3 Å². The largest absolute Gasteiger partial charge is 0.444 e. The van der Waals surface area contributed by atoms with Crippen molar-refractivity contribution in [3.8, 4) is 0 Å². The first-order valence-electron chi connectivity index (χ1n) is 7.30. The lowest BCUT2D eigenvalue weighted by Gasteiger charge is -2.22. The predicted molar refractivity (Wildman–Crippen MR) is 85.7 cm³/mol. The maximum Gasteiger partial charge on any atom is 0.407 e. The maximum absolute atomic E-state index is 11.8. The number of alkyl carbamates (subject to hydrolysis) is 1. The monoisotopic (exact) mass is 302 g/mol. The number of hydrogen-bond acceptors (Lipinski definition) is 4. The number of aliphatic hydroxyl groups is 1. The Bertz CT molecular complexity index is 650. The average molecular weight is 302 g/mol. The standard InChI is InChI=1S/C17H22N2O3/c1-17(2,3)22-16(21)19-15(11-20)9-12-4-5-14-10-18-7-6-13(14)8-12/h4-8,10,15,20H,9,11H2,1-3H3,(H,19,21)/t15-/m0/s1. The molecule has 0 fully saturated rings. The molecule has 1 atom stereocenters. The van der Waals surface area contributed by atoms with E-state index in [1.54, 1.807) is 27.0 Å². The van der Waals surface area contributed by atoms with E-state index in [0.29, 0.717) is 6.42 Å².